The topological polar surface area (TPSA) is 95.2 Å². The van der Waals surface area contributed by atoms with Crippen LogP contribution >= 0.6 is 0 Å². The zero-order valence-electron chi connectivity index (χ0n) is 7.06. The quantitative estimate of drug-likeness (QED) is 0.407. The van der Waals surface area contributed by atoms with Crippen molar-refractivity contribution < 1.29 is 4.92 Å². The predicted octanol–water partition coefficient (Wildman–Crippen LogP) is 0.678. The van der Waals surface area contributed by atoms with E-state index in [0.717, 1.165) is 5.56 Å². The number of nitro groups is 1. The third kappa shape index (κ3) is 2.16. The van der Waals surface area contributed by atoms with Gasteiger partial charge in [-0.2, -0.15) is 0 Å². The zero-order valence-corrected chi connectivity index (χ0v) is 7.06. The molecule has 0 fully saturated rings. The summed E-state index contributed by atoms with van der Waals surface area (Å²) in [5.74, 6) is 0. The van der Waals surface area contributed by atoms with Crippen molar-refractivity contribution >= 4 is 11.4 Å². The highest BCUT2D eigenvalue weighted by atomic mass is 16.6. The van der Waals surface area contributed by atoms with Crippen molar-refractivity contribution in [2.75, 3.05) is 12.3 Å². The van der Waals surface area contributed by atoms with E-state index in [1.54, 1.807) is 6.07 Å². The smallest absolute Gasteiger partial charge is 0.271 e. The number of hydrogen-bond donors (Lipinski definition) is 2. The van der Waals surface area contributed by atoms with Crippen LogP contribution in [-0.2, 0) is 6.42 Å². The lowest BCUT2D eigenvalue weighted by molar-refractivity contribution is -0.384. The van der Waals surface area contributed by atoms with E-state index in [4.69, 9.17) is 11.5 Å². The van der Waals surface area contributed by atoms with Gasteiger partial charge in [0.25, 0.3) is 5.69 Å². The maximum Gasteiger partial charge on any atom is 0.271 e. The van der Waals surface area contributed by atoms with E-state index >= 15 is 0 Å². The molecule has 0 aromatic heterocycles. The average Bonchev–Trinajstić information content (AvgIpc) is 2.08. The largest absolute Gasteiger partial charge is 0.398 e. The summed E-state index contributed by atoms with van der Waals surface area (Å²) in [5, 5.41) is 10.3. The third-order valence-electron chi connectivity index (χ3n) is 1.75. The molecule has 1 rings (SSSR count). The minimum absolute atomic E-state index is 0.0123. The monoisotopic (exact) mass is 181 g/mol. The Kier molecular flexibility index (Phi) is 2.81. The van der Waals surface area contributed by atoms with Crippen LogP contribution in [-0.4, -0.2) is 11.5 Å². The van der Waals surface area contributed by atoms with Crippen LogP contribution in [0.3, 0.4) is 0 Å². The first-order valence-corrected chi connectivity index (χ1v) is 3.88. The standard InChI is InChI=1S/C8H11N3O2/c9-4-3-6-1-2-7(11(12)13)5-8(6)10/h1-2,5H,3-4,9-10H2. The number of anilines is 1. The molecule has 70 valence electrons. The van der Waals surface area contributed by atoms with E-state index in [0.29, 0.717) is 18.7 Å². The average molecular weight is 181 g/mol. The molecule has 13 heavy (non-hydrogen) atoms. The van der Waals surface area contributed by atoms with Gasteiger partial charge >= 0.3 is 0 Å². The van der Waals surface area contributed by atoms with Gasteiger partial charge in [-0.05, 0) is 18.5 Å². The highest BCUT2D eigenvalue weighted by Crippen LogP contribution is 2.19. The lowest BCUT2D eigenvalue weighted by atomic mass is 10.1. The van der Waals surface area contributed by atoms with Crippen LogP contribution < -0.4 is 11.5 Å². The number of non-ortho nitro benzene ring substituents is 1. The van der Waals surface area contributed by atoms with Crippen molar-refractivity contribution in [3.63, 3.8) is 0 Å². The molecular weight excluding hydrogens is 170 g/mol. The second-order valence-electron chi connectivity index (χ2n) is 2.68. The number of rotatable bonds is 3. The highest BCUT2D eigenvalue weighted by Gasteiger charge is 2.07. The molecule has 0 bridgehead atoms. The summed E-state index contributed by atoms with van der Waals surface area (Å²) in [6, 6.07) is 4.42. The van der Waals surface area contributed by atoms with Crippen LogP contribution in [0.5, 0.6) is 0 Å². The number of nitrogens with zero attached hydrogens (tertiary/aromatic N) is 1. The first-order chi connectivity index (χ1) is 6.15. The Morgan fingerprint density at radius 1 is 1.46 bits per heavy atom. The van der Waals surface area contributed by atoms with E-state index in [2.05, 4.69) is 0 Å². The predicted molar refractivity (Wildman–Crippen MR) is 50.3 cm³/mol. The molecule has 0 aliphatic rings. The second kappa shape index (κ2) is 3.86. The molecule has 0 saturated heterocycles. The maximum atomic E-state index is 10.3. The molecule has 5 nitrogen and oxygen atoms in total. The minimum atomic E-state index is -0.470. The minimum Gasteiger partial charge on any atom is -0.398 e. The van der Waals surface area contributed by atoms with Gasteiger partial charge in [0.15, 0.2) is 0 Å². The van der Waals surface area contributed by atoms with Gasteiger partial charge in [0, 0.05) is 17.8 Å². The Morgan fingerprint density at radius 3 is 2.62 bits per heavy atom. The molecule has 0 spiro atoms. The molecule has 0 aliphatic heterocycles. The molecule has 0 amide bonds. The molecule has 0 saturated carbocycles. The van der Waals surface area contributed by atoms with E-state index in [1.807, 2.05) is 0 Å². The van der Waals surface area contributed by atoms with Crippen molar-refractivity contribution in [1.82, 2.24) is 0 Å². The molecule has 5 heteroatoms. The molecular formula is C8H11N3O2. The first kappa shape index (κ1) is 9.47. The Labute approximate surface area is 75.5 Å². The molecule has 1 aromatic carbocycles. The summed E-state index contributed by atoms with van der Waals surface area (Å²) < 4.78 is 0. The van der Waals surface area contributed by atoms with Gasteiger partial charge < -0.3 is 11.5 Å². The molecule has 1 aromatic rings. The molecule has 0 heterocycles. The summed E-state index contributed by atoms with van der Waals surface area (Å²) in [7, 11) is 0. The normalized spacial score (nSPS) is 9.92. The molecule has 4 N–H and O–H groups in total. The molecule has 0 unspecified atom stereocenters. The fraction of sp³-hybridized carbons (Fsp3) is 0.250. The Bertz CT molecular complexity index is 325. The zero-order chi connectivity index (χ0) is 9.84. The number of hydrogen-bond acceptors (Lipinski definition) is 4. The van der Waals surface area contributed by atoms with E-state index in [-0.39, 0.29) is 5.69 Å². The van der Waals surface area contributed by atoms with Crippen LogP contribution in [0.15, 0.2) is 18.2 Å². The third-order valence-corrected chi connectivity index (χ3v) is 1.75. The van der Waals surface area contributed by atoms with E-state index in [1.165, 1.54) is 12.1 Å². The Hall–Kier alpha value is -1.62. The molecule has 0 radical (unpaired) electrons. The van der Waals surface area contributed by atoms with Gasteiger partial charge in [-0.1, -0.05) is 6.07 Å². The molecule has 0 aliphatic carbocycles. The van der Waals surface area contributed by atoms with Gasteiger partial charge in [-0.3, -0.25) is 10.1 Å². The van der Waals surface area contributed by atoms with Gasteiger partial charge in [0.05, 0.1) is 4.92 Å². The summed E-state index contributed by atoms with van der Waals surface area (Å²) in [4.78, 5) is 9.88. The lowest BCUT2D eigenvalue weighted by Crippen LogP contribution is -2.05. The number of nitro benzene ring substituents is 1. The highest BCUT2D eigenvalue weighted by molar-refractivity contribution is 5.53. The van der Waals surface area contributed by atoms with E-state index < -0.39 is 4.92 Å². The van der Waals surface area contributed by atoms with Crippen LogP contribution in [0.25, 0.3) is 0 Å². The second-order valence-corrected chi connectivity index (χ2v) is 2.68. The number of nitrogen functional groups attached to an aromatic ring is 1. The summed E-state index contributed by atoms with van der Waals surface area (Å²) in [6.45, 7) is 0.488. The van der Waals surface area contributed by atoms with Crippen LogP contribution in [0, 0.1) is 10.1 Å². The fourth-order valence-corrected chi connectivity index (χ4v) is 1.08. The number of benzene rings is 1. The van der Waals surface area contributed by atoms with Gasteiger partial charge in [-0.25, -0.2) is 0 Å². The van der Waals surface area contributed by atoms with Crippen LogP contribution in [0.2, 0.25) is 0 Å². The Morgan fingerprint density at radius 2 is 2.15 bits per heavy atom. The van der Waals surface area contributed by atoms with Crippen molar-refractivity contribution in [3.8, 4) is 0 Å². The van der Waals surface area contributed by atoms with Gasteiger partial charge in [-0.15, -0.1) is 0 Å². The fourth-order valence-electron chi connectivity index (χ4n) is 1.08. The molecule has 0 atom stereocenters. The Balaban J connectivity index is 2.98. The summed E-state index contributed by atoms with van der Waals surface area (Å²) in [6.07, 6.45) is 0.643. The summed E-state index contributed by atoms with van der Waals surface area (Å²) in [5.41, 5.74) is 12.2. The van der Waals surface area contributed by atoms with Crippen LogP contribution in [0.1, 0.15) is 5.56 Å². The lowest BCUT2D eigenvalue weighted by Gasteiger charge is -2.02. The maximum absolute atomic E-state index is 10.3. The van der Waals surface area contributed by atoms with Crippen molar-refractivity contribution in [2.24, 2.45) is 5.73 Å². The van der Waals surface area contributed by atoms with Gasteiger partial charge in [0.1, 0.15) is 0 Å². The SMILES string of the molecule is NCCc1ccc([N+](=O)[O-])cc1N. The number of nitrogens with two attached hydrogens (primary N) is 2. The van der Waals surface area contributed by atoms with Crippen molar-refractivity contribution in [2.45, 2.75) is 6.42 Å². The van der Waals surface area contributed by atoms with Crippen LogP contribution in [0.4, 0.5) is 11.4 Å². The van der Waals surface area contributed by atoms with Crippen molar-refractivity contribution in [3.05, 3.63) is 33.9 Å². The van der Waals surface area contributed by atoms with Gasteiger partial charge in [0.2, 0.25) is 0 Å². The summed E-state index contributed by atoms with van der Waals surface area (Å²) >= 11 is 0. The van der Waals surface area contributed by atoms with Crippen molar-refractivity contribution in [1.29, 1.82) is 0 Å². The van der Waals surface area contributed by atoms with E-state index in [9.17, 15) is 10.1 Å². The first-order valence-electron chi connectivity index (χ1n) is 3.88.